The molecule has 0 aliphatic heterocycles. The van der Waals surface area contributed by atoms with Crippen LogP contribution in [0.25, 0.3) is 0 Å². The van der Waals surface area contributed by atoms with Crippen LogP contribution in [0.5, 0.6) is 0 Å². The molecule has 0 bridgehead atoms. The fraction of sp³-hybridized carbons (Fsp3) is 0.333. The Morgan fingerprint density at radius 3 is 2.23 bits per heavy atom. The van der Waals surface area contributed by atoms with E-state index in [4.69, 9.17) is 5.21 Å². The van der Waals surface area contributed by atoms with Gasteiger partial charge in [0.15, 0.2) is 5.69 Å². The molecule has 4 heteroatoms. The summed E-state index contributed by atoms with van der Waals surface area (Å²) >= 11 is 1.44. The zero-order valence-corrected chi connectivity index (χ0v) is 8.89. The topological polar surface area (TPSA) is 47.7 Å². The summed E-state index contributed by atoms with van der Waals surface area (Å²) in [5.41, 5.74) is 0.375. The maximum atomic E-state index is 10.6. The smallest absolute Gasteiger partial charge is 0.177 e. The number of hydrogen-bond acceptors (Lipinski definition) is 3. The first-order valence-electron chi connectivity index (χ1n) is 4.12. The highest BCUT2D eigenvalue weighted by Crippen LogP contribution is 2.20. The molecule has 3 nitrogen and oxygen atoms in total. The van der Waals surface area contributed by atoms with E-state index in [1.807, 2.05) is 26.2 Å². The SMILES string of the molecule is CC.CSc1ccccc1[NH+]([O-])O. The van der Waals surface area contributed by atoms with Crippen molar-refractivity contribution in [2.24, 2.45) is 0 Å². The first-order valence-corrected chi connectivity index (χ1v) is 5.34. The molecule has 0 heterocycles. The van der Waals surface area contributed by atoms with Crippen molar-refractivity contribution in [2.75, 3.05) is 6.26 Å². The van der Waals surface area contributed by atoms with E-state index in [-0.39, 0.29) is 0 Å². The van der Waals surface area contributed by atoms with Crippen molar-refractivity contribution < 1.29 is 10.4 Å². The predicted octanol–water partition coefficient (Wildman–Crippen LogP) is 1.84. The van der Waals surface area contributed by atoms with Crippen molar-refractivity contribution in [1.29, 1.82) is 0 Å². The molecular formula is C9H15NO2S. The van der Waals surface area contributed by atoms with Gasteiger partial charge in [-0.25, -0.2) is 5.21 Å². The van der Waals surface area contributed by atoms with Gasteiger partial charge in [-0.2, -0.15) is 5.23 Å². The van der Waals surface area contributed by atoms with E-state index in [1.54, 1.807) is 18.2 Å². The minimum absolute atomic E-state index is 0.375. The Morgan fingerprint density at radius 2 is 1.85 bits per heavy atom. The molecule has 2 N–H and O–H groups in total. The molecule has 0 saturated carbocycles. The fourth-order valence-corrected chi connectivity index (χ4v) is 1.41. The largest absolute Gasteiger partial charge is 0.595 e. The van der Waals surface area contributed by atoms with Gasteiger partial charge < -0.3 is 5.21 Å². The van der Waals surface area contributed by atoms with Crippen LogP contribution in [0.3, 0.4) is 0 Å². The minimum Gasteiger partial charge on any atom is -0.595 e. The second kappa shape index (κ2) is 6.91. The number of thioether (sulfide) groups is 1. The summed E-state index contributed by atoms with van der Waals surface area (Å²) in [5, 5.41) is 18.4. The van der Waals surface area contributed by atoms with Crippen LogP contribution in [0.1, 0.15) is 13.8 Å². The molecule has 1 aromatic rings. The third kappa shape index (κ3) is 3.78. The average molecular weight is 201 g/mol. The summed E-state index contributed by atoms with van der Waals surface area (Å²) in [7, 11) is 0. The molecule has 1 aromatic carbocycles. The van der Waals surface area contributed by atoms with Crippen molar-refractivity contribution in [2.45, 2.75) is 18.7 Å². The maximum absolute atomic E-state index is 10.6. The van der Waals surface area contributed by atoms with Crippen molar-refractivity contribution in [3.63, 3.8) is 0 Å². The first-order chi connectivity index (χ1) is 6.25. The number of quaternary nitrogens is 1. The zero-order chi connectivity index (χ0) is 10.3. The molecule has 1 rings (SSSR count). The minimum atomic E-state index is -0.866. The second-order valence-electron chi connectivity index (χ2n) is 2.01. The van der Waals surface area contributed by atoms with E-state index in [1.165, 1.54) is 11.8 Å². The number of rotatable bonds is 2. The van der Waals surface area contributed by atoms with Gasteiger partial charge in [0.2, 0.25) is 0 Å². The molecule has 13 heavy (non-hydrogen) atoms. The summed E-state index contributed by atoms with van der Waals surface area (Å²) in [6.45, 7) is 4.00. The van der Waals surface area contributed by atoms with E-state index in [0.717, 1.165) is 4.90 Å². The summed E-state index contributed by atoms with van der Waals surface area (Å²) in [5.74, 6) is 0. The van der Waals surface area contributed by atoms with E-state index in [2.05, 4.69) is 0 Å². The van der Waals surface area contributed by atoms with E-state index in [0.29, 0.717) is 5.69 Å². The van der Waals surface area contributed by atoms with E-state index >= 15 is 0 Å². The third-order valence-electron chi connectivity index (χ3n) is 1.34. The van der Waals surface area contributed by atoms with Gasteiger partial charge in [0, 0.05) is 6.07 Å². The van der Waals surface area contributed by atoms with E-state index < -0.39 is 5.23 Å². The van der Waals surface area contributed by atoms with Crippen LogP contribution in [0.15, 0.2) is 29.2 Å². The molecule has 0 aliphatic carbocycles. The lowest BCUT2D eigenvalue weighted by molar-refractivity contribution is -0.992. The van der Waals surface area contributed by atoms with Gasteiger partial charge in [-0.1, -0.05) is 26.0 Å². The Bertz CT molecular complexity index is 241. The van der Waals surface area contributed by atoms with Gasteiger partial charge in [-0.05, 0) is 12.3 Å². The highest BCUT2D eigenvalue weighted by molar-refractivity contribution is 7.98. The normalized spacial score (nSPS) is 11.5. The first kappa shape index (κ1) is 12.4. The molecule has 1 atom stereocenters. The number of benzene rings is 1. The molecule has 0 amide bonds. The summed E-state index contributed by atoms with van der Waals surface area (Å²) in [4.78, 5) is 0.806. The number of hydrogen-bond donors (Lipinski definition) is 2. The quantitative estimate of drug-likeness (QED) is 0.567. The monoisotopic (exact) mass is 201 g/mol. The Kier molecular flexibility index (Phi) is 6.62. The van der Waals surface area contributed by atoms with Crippen LogP contribution < -0.4 is 5.23 Å². The van der Waals surface area contributed by atoms with Gasteiger partial charge in [-0.15, -0.1) is 11.8 Å². The predicted molar refractivity (Wildman–Crippen MR) is 55.3 cm³/mol. The Morgan fingerprint density at radius 1 is 1.31 bits per heavy atom. The summed E-state index contributed by atoms with van der Waals surface area (Å²) in [6, 6.07) is 6.96. The molecule has 0 fully saturated rings. The molecule has 0 saturated heterocycles. The lowest BCUT2D eigenvalue weighted by Gasteiger charge is -2.13. The lowest BCUT2D eigenvalue weighted by atomic mass is 10.3. The number of nitrogens with one attached hydrogen (secondary N) is 1. The van der Waals surface area contributed by atoms with Gasteiger partial charge in [0.1, 0.15) is 0 Å². The third-order valence-corrected chi connectivity index (χ3v) is 2.13. The van der Waals surface area contributed by atoms with Gasteiger partial charge in [0.25, 0.3) is 0 Å². The van der Waals surface area contributed by atoms with Gasteiger partial charge in [-0.3, -0.25) is 0 Å². The van der Waals surface area contributed by atoms with Crippen molar-refractivity contribution in [3.05, 3.63) is 29.5 Å². The molecule has 0 radical (unpaired) electrons. The van der Waals surface area contributed by atoms with Crippen molar-refractivity contribution >= 4 is 17.4 Å². The molecule has 74 valence electrons. The van der Waals surface area contributed by atoms with Crippen molar-refractivity contribution in [3.8, 4) is 0 Å². The standard InChI is InChI=1S/C7H9NO2S.C2H6/c1-11-7-5-3-2-4-6(7)8(9)10;1-2/h2-5,8-9H,1H3;1-2H3. The highest BCUT2D eigenvalue weighted by atomic mass is 32.2. The maximum Gasteiger partial charge on any atom is 0.177 e. The second-order valence-corrected chi connectivity index (χ2v) is 2.85. The average Bonchev–Trinajstić information content (AvgIpc) is 2.20. The van der Waals surface area contributed by atoms with Gasteiger partial charge in [0.05, 0.1) is 4.90 Å². The zero-order valence-electron chi connectivity index (χ0n) is 8.07. The highest BCUT2D eigenvalue weighted by Gasteiger charge is 2.04. The number of para-hydroxylation sites is 1. The Labute approximate surface area is 82.9 Å². The van der Waals surface area contributed by atoms with Crippen molar-refractivity contribution in [1.82, 2.24) is 0 Å². The molecule has 0 aliphatic rings. The fourth-order valence-electron chi connectivity index (χ4n) is 0.821. The van der Waals surface area contributed by atoms with Crippen LogP contribution in [0.2, 0.25) is 0 Å². The molecule has 0 spiro atoms. The summed E-state index contributed by atoms with van der Waals surface area (Å²) < 4.78 is 0. The molecular weight excluding hydrogens is 186 g/mol. The van der Waals surface area contributed by atoms with Crippen LogP contribution in [-0.2, 0) is 0 Å². The van der Waals surface area contributed by atoms with Crippen LogP contribution in [0, 0.1) is 5.21 Å². The molecule has 0 aromatic heterocycles. The molecule has 1 unspecified atom stereocenters. The van der Waals surface area contributed by atoms with Crippen LogP contribution in [0.4, 0.5) is 5.69 Å². The van der Waals surface area contributed by atoms with Crippen LogP contribution >= 0.6 is 11.8 Å². The Balaban J connectivity index is 0.000000671. The summed E-state index contributed by atoms with van der Waals surface area (Å²) in [6.07, 6.45) is 1.86. The van der Waals surface area contributed by atoms with E-state index in [9.17, 15) is 5.21 Å². The Hall–Kier alpha value is -0.550. The van der Waals surface area contributed by atoms with Gasteiger partial charge >= 0.3 is 0 Å². The lowest BCUT2D eigenvalue weighted by Crippen LogP contribution is -2.99. The van der Waals surface area contributed by atoms with Crippen LogP contribution in [-0.4, -0.2) is 11.5 Å².